The summed E-state index contributed by atoms with van der Waals surface area (Å²) in [6, 6.07) is 5.06. The van der Waals surface area contributed by atoms with Crippen LogP contribution in [0, 0.1) is 0 Å². The van der Waals surface area contributed by atoms with Gasteiger partial charge >= 0.3 is 5.97 Å². The number of methoxy groups -OCH3 is 1. The molecule has 0 radical (unpaired) electrons. The first kappa shape index (κ1) is 14.1. The summed E-state index contributed by atoms with van der Waals surface area (Å²) in [5, 5.41) is 17.7. The number of aliphatic hydroxyl groups is 1. The summed E-state index contributed by atoms with van der Waals surface area (Å²) in [6.07, 6.45) is 1.47. The topological polar surface area (TPSA) is 76.0 Å². The van der Waals surface area contributed by atoms with E-state index >= 15 is 0 Å². The maximum Gasteiger partial charge on any atom is 0.331 e. The molecule has 0 atom stereocenters. The van der Waals surface area contributed by atoms with E-state index in [1.54, 1.807) is 18.2 Å². The van der Waals surface area contributed by atoms with Gasteiger partial charge in [0.05, 0.1) is 13.7 Å². The van der Waals surface area contributed by atoms with Gasteiger partial charge in [-0.3, -0.25) is 0 Å². The Bertz CT molecular complexity index is 451. The van der Waals surface area contributed by atoms with Gasteiger partial charge in [-0.05, 0) is 30.7 Å². The van der Waals surface area contributed by atoms with E-state index in [2.05, 4.69) is 0 Å². The lowest BCUT2D eigenvalue weighted by atomic mass is 10.2. The van der Waals surface area contributed by atoms with Crippen LogP contribution in [0.3, 0.4) is 0 Å². The summed E-state index contributed by atoms with van der Waals surface area (Å²) in [4.78, 5) is 10.6. The third kappa shape index (κ3) is 3.78. The molecule has 18 heavy (non-hydrogen) atoms. The maximum absolute atomic E-state index is 10.6. The van der Waals surface area contributed by atoms with Gasteiger partial charge in [0.25, 0.3) is 0 Å². The lowest BCUT2D eigenvalue weighted by Crippen LogP contribution is -2.02. The van der Waals surface area contributed by atoms with Gasteiger partial charge in [0, 0.05) is 5.57 Å². The van der Waals surface area contributed by atoms with Crippen molar-refractivity contribution in [2.24, 2.45) is 0 Å². The minimum atomic E-state index is -0.971. The second-order valence-electron chi connectivity index (χ2n) is 3.65. The van der Waals surface area contributed by atoms with E-state index in [-0.39, 0.29) is 18.8 Å². The normalized spacial score (nSPS) is 11.2. The van der Waals surface area contributed by atoms with Crippen molar-refractivity contribution in [3.63, 3.8) is 0 Å². The lowest BCUT2D eigenvalue weighted by molar-refractivity contribution is -0.132. The van der Waals surface area contributed by atoms with Gasteiger partial charge in [0.2, 0.25) is 0 Å². The van der Waals surface area contributed by atoms with Gasteiger partial charge in [-0.1, -0.05) is 6.07 Å². The quantitative estimate of drug-likeness (QED) is 0.752. The Labute approximate surface area is 105 Å². The Kier molecular flexibility index (Phi) is 5.20. The highest BCUT2D eigenvalue weighted by Crippen LogP contribution is 2.28. The summed E-state index contributed by atoms with van der Waals surface area (Å²) in [6.45, 7) is 1.57. The van der Waals surface area contributed by atoms with Crippen LogP contribution < -0.4 is 9.47 Å². The zero-order valence-corrected chi connectivity index (χ0v) is 10.3. The Hall–Kier alpha value is -2.01. The monoisotopic (exact) mass is 252 g/mol. The number of benzene rings is 1. The van der Waals surface area contributed by atoms with Crippen LogP contribution in [0.1, 0.15) is 12.5 Å². The molecule has 0 aliphatic heterocycles. The summed E-state index contributed by atoms with van der Waals surface area (Å²) < 4.78 is 10.5. The zero-order chi connectivity index (χ0) is 13.5. The Morgan fingerprint density at radius 2 is 2.11 bits per heavy atom. The van der Waals surface area contributed by atoms with Crippen LogP contribution in [0.2, 0.25) is 0 Å². The van der Waals surface area contributed by atoms with Gasteiger partial charge < -0.3 is 19.7 Å². The maximum atomic E-state index is 10.6. The molecule has 0 spiro atoms. The number of aliphatic carboxylic acids is 1. The van der Waals surface area contributed by atoms with E-state index in [1.807, 2.05) is 0 Å². The van der Waals surface area contributed by atoms with E-state index in [0.717, 1.165) is 5.56 Å². The number of carboxylic acids is 1. The Morgan fingerprint density at radius 1 is 1.39 bits per heavy atom. The number of hydrogen-bond acceptors (Lipinski definition) is 4. The van der Waals surface area contributed by atoms with Crippen molar-refractivity contribution in [2.45, 2.75) is 13.5 Å². The lowest BCUT2D eigenvalue weighted by Gasteiger charge is -2.10. The minimum absolute atomic E-state index is 0.0747. The first-order valence-corrected chi connectivity index (χ1v) is 5.39. The zero-order valence-electron chi connectivity index (χ0n) is 10.3. The second-order valence-corrected chi connectivity index (χ2v) is 3.65. The molecule has 0 saturated carbocycles. The summed E-state index contributed by atoms with van der Waals surface area (Å²) in [5.41, 5.74) is 0.942. The van der Waals surface area contributed by atoms with Crippen molar-refractivity contribution in [2.75, 3.05) is 13.7 Å². The predicted octanol–water partition coefficient (Wildman–Crippen LogP) is 1.60. The molecule has 1 aromatic rings. The third-order valence-electron chi connectivity index (χ3n) is 2.38. The van der Waals surface area contributed by atoms with Crippen LogP contribution in [0.5, 0.6) is 11.5 Å². The van der Waals surface area contributed by atoms with Crippen molar-refractivity contribution in [1.82, 2.24) is 0 Å². The van der Waals surface area contributed by atoms with E-state index in [1.165, 1.54) is 20.1 Å². The molecule has 1 rings (SSSR count). The van der Waals surface area contributed by atoms with Gasteiger partial charge in [0.15, 0.2) is 11.5 Å². The average molecular weight is 252 g/mol. The van der Waals surface area contributed by atoms with Crippen molar-refractivity contribution in [3.8, 4) is 11.5 Å². The molecule has 0 unspecified atom stereocenters. The third-order valence-corrected chi connectivity index (χ3v) is 2.38. The Morgan fingerprint density at radius 3 is 2.67 bits per heavy atom. The second kappa shape index (κ2) is 6.66. The van der Waals surface area contributed by atoms with Crippen LogP contribution in [0.25, 0.3) is 0 Å². The number of aliphatic hydroxyl groups excluding tert-OH is 1. The van der Waals surface area contributed by atoms with Crippen LogP contribution in [-0.2, 0) is 11.4 Å². The van der Waals surface area contributed by atoms with Gasteiger partial charge in [-0.25, -0.2) is 4.79 Å². The van der Waals surface area contributed by atoms with Gasteiger partial charge in [0.1, 0.15) is 6.61 Å². The molecule has 0 aliphatic rings. The smallest absolute Gasteiger partial charge is 0.331 e. The fraction of sp³-hybridized carbons (Fsp3) is 0.308. The fourth-order valence-electron chi connectivity index (χ4n) is 1.27. The van der Waals surface area contributed by atoms with Gasteiger partial charge in [-0.2, -0.15) is 0 Å². The van der Waals surface area contributed by atoms with E-state index in [0.29, 0.717) is 11.5 Å². The number of ether oxygens (including phenoxy) is 2. The summed E-state index contributed by atoms with van der Waals surface area (Å²) >= 11 is 0. The fourth-order valence-corrected chi connectivity index (χ4v) is 1.27. The number of carboxylic acid groups (broad SMARTS) is 1. The largest absolute Gasteiger partial charge is 0.493 e. The molecule has 1 aromatic carbocycles. The van der Waals surface area contributed by atoms with Crippen molar-refractivity contribution < 1.29 is 24.5 Å². The number of hydrogen-bond donors (Lipinski definition) is 2. The van der Waals surface area contributed by atoms with E-state index in [4.69, 9.17) is 19.7 Å². The molecule has 98 valence electrons. The molecule has 0 aliphatic carbocycles. The van der Waals surface area contributed by atoms with Gasteiger partial charge in [-0.15, -0.1) is 0 Å². The predicted molar refractivity (Wildman–Crippen MR) is 65.8 cm³/mol. The van der Waals surface area contributed by atoms with Crippen LogP contribution in [0.4, 0.5) is 0 Å². The standard InChI is InChI=1S/C13H16O5/c1-9(13(15)16)5-6-18-11-4-3-10(8-14)7-12(11)17-2/h3-5,7,14H,6,8H2,1-2H3,(H,15,16)/b9-5-. The van der Waals surface area contributed by atoms with Crippen molar-refractivity contribution in [3.05, 3.63) is 35.4 Å². The highest BCUT2D eigenvalue weighted by molar-refractivity contribution is 5.85. The highest BCUT2D eigenvalue weighted by atomic mass is 16.5. The highest BCUT2D eigenvalue weighted by Gasteiger charge is 2.05. The molecule has 0 amide bonds. The van der Waals surface area contributed by atoms with Crippen molar-refractivity contribution in [1.29, 1.82) is 0 Å². The average Bonchev–Trinajstić information content (AvgIpc) is 2.38. The van der Waals surface area contributed by atoms with Crippen molar-refractivity contribution >= 4 is 5.97 Å². The molecule has 0 heterocycles. The summed E-state index contributed by atoms with van der Waals surface area (Å²) in [7, 11) is 1.50. The van der Waals surface area contributed by atoms with Crippen LogP contribution >= 0.6 is 0 Å². The number of carbonyl (C=O) groups is 1. The van der Waals surface area contributed by atoms with E-state index < -0.39 is 5.97 Å². The Balaban J connectivity index is 2.73. The minimum Gasteiger partial charge on any atom is -0.493 e. The molecule has 0 bridgehead atoms. The molecule has 5 nitrogen and oxygen atoms in total. The molecule has 2 N–H and O–H groups in total. The molecule has 5 heteroatoms. The summed E-state index contributed by atoms with van der Waals surface area (Å²) in [5.74, 6) is 0.0354. The molecule has 0 saturated heterocycles. The molecular weight excluding hydrogens is 236 g/mol. The first-order chi connectivity index (χ1) is 8.58. The molecule has 0 fully saturated rings. The van der Waals surface area contributed by atoms with E-state index in [9.17, 15) is 4.79 Å². The number of rotatable bonds is 6. The van der Waals surface area contributed by atoms with Crippen LogP contribution in [-0.4, -0.2) is 29.9 Å². The first-order valence-electron chi connectivity index (χ1n) is 5.39. The van der Waals surface area contributed by atoms with Crippen LogP contribution in [0.15, 0.2) is 29.8 Å². The molecule has 0 aromatic heterocycles. The molecular formula is C13H16O5. The SMILES string of the molecule is COc1cc(CO)ccc1OC/C=C(/C)C(=O)O.